The summed E-state index contributed by atoms with van der Waals surface area (Å²) in [6, 6.07) is 9.03. The number of halogens is 2. The SMILES string of the molecule is O=C(CCC(=O)N(CC(=O)NC1CCCCC1)c1ccc(F)c(Cl)c1)Nc1ccccn1. The highest BCUT2D eigenvalue weighted by Crippen LogP contribution is 2.24. The van der Waals surface area contributed by atoms with Crippen LogP contribution in [0.25, 0.3) is 0 Å². The fourth-order valence-electron chi connectivity index (χ4n) is 3.64. The van der Waals surface area contributed by atoms with Gasteiger partial charge in [0.1, 0.15) is 18.2 Å². The van der Waals surface area contributed by atoms with Gasteiger partial charge in [0.25, 0.3) is 0 Å². The van der Waals surface area contributed by atoms with Crippen LogP contribution in [0.3, 0.4) is 0 Å². The van der Waals surface area contributed by atoms with Gasteiger partial charge in [-0.25, -0.2) is 9.37 Å². The molecule has 0 spiro atoms. The maximum absolute atomic E-state index is 13.6. The molecule has 1 aliphatic carbocycles. The van der Waals surface area contributed by atoms with Gasteiger partial charge in [0.15, 0.2) is 0 Å². The topological polar surface area (TPSA) is 91.4 Å². The van der Waals surface area contributed by atoms with Gasteiger partial charge < -0.3 is 15.5 Å². The third-order valence-corrected chi connectivity index (χ3v) is 5.58. The zero-order chi connectivity index (χ0) is 22.9. The average Bonchev–Trinajstić information content (AvgIpc) is 2.79. The van der Waals surface area contributed by atoms with Crippen molar-refractivity contribution in [3.05, 3.63) is 53.4 Å². The summed E-state index contributed by atoms with van der Waals surface area (Å²) in [7, 11) is 0. The number of hydrogen-bond donors (Lipinski definition) is 2. The van der Waals surface area contributed by atoms with Crippen molar-refractivity contribution in [1.82, 2.24) is 10.3 Å². The van der Waals surface area contributed by atoms with E-state index in [9.17, 15) is 18.8 Å². The lowest BCUT2D eigenvalue weighted by Crippen LogP contribution is -2.45. The minimum absolute atomic E-state index is 0.0918. The molecule has 3 amide bonds. The molecule has 1 saturated carbocycles. The van der Waals surface area contributed by atoms with E-state index in [1.165, 1.54) is 17.0 Å². The molecule has 3 rings (SSSR count). The van der Waals surface area contributed by atoms with Crippen molar-refractivity contribution in [2.24, 2.45) is 0 Å². The second kappa shape index (κ2) is 11.6. The zero-order valence-electron chi connectivity index (χ0n) is 17.7. The van der Waals surface area contributed by atoms with E-state index in [4.69, 9.17) is 11.6 Å². The van der Waals surface area contributed by atoms with Crippen LogP contribution in [0.4, 0.5) is 15.9 Å². The Kier molecular flexibility index (Phi) is 8.56. The van der Waals surface area contributed by atoms with Crippen molar-refractivity contribution < 1.29 is 18.8 Å². The van der Waals surface area contributed by atoms with Crippen LogP contribution in [0, 0.1) is 5.82 Å². The predicted octanol–water partition coefficient (Wildman–Crippen LogP) is 4.07. The lowest BCUT2D eigenvalue weighted by molar-refractivity contribution is -0.125. The van der Waals surface area contributed by atoms with Gasteiger partial charge in [0.2, 0.25) is 17.7 Å². The highest BCUT2D eigenvalue weighted by Gasteiger charge is 2.23. The molecule has 2 aromatic rings. The van der Waals surface area contributed by atoms with E-state index in [0.717, 1.165) is 38.2 Å². The van der Waals surface area contributed by atoms with Crippen LogP contribution in [0.15, 0.2) is 42.6 Å². The van der Waals surface area contributed by atoms with Crippen LogP contribution in [0.1, 0.15) is 44.9 Å². The number of pyridine rings is 1. The number of benzene rings is 1. The summed E-state index contributed by atoms with van der Waals surface area (Å²) < 4.78 is 13.6. The van der Waals surface area contributed by atoms with Gasteiger partial charge in [-0.1, -0.05) is 36.9 Å². The number of aromatic nitrogens is 1. The maximum atomic E-state index is 13.6. The van der Waals surface area contributed by atoms with Crippen LogP contribution < -0.4 is 15.5 Å². The third-order valence-electron chi connectivity index (χ3n) is 5.29. The van der Waals surface area contributed by atoms with Crippen LogP contribution in [-0.4, -0.2) is 35.3 Å². The smallest absolute Gasteiger partial charge is 0.240 e. The Morgan fingerprint density at radius 2 is 1.84 bits per heavy atom. The molecule has 32 heavy (non-hydrogen) atoms. The Balaban J connectivity index is 1.65. The van der Waals surface area contributed by atoms with Crippen molar-refractivity contribution in [2.45, 2.75) is 51.0 Å². The number of nitrogens with zero attached hydrogens (tertiary/aromatic N) is 2. The summed E-state index contributed by atoms with van der Waals surface area (Å²) in [6.45, 7) is -0.237. The lowest BCUT2D eigenvalue weighted by Gasteiger charge is -2.26. The first-order chi connectivity index (χ1) is 15.4. The number of hydrogen-bond acceptors (Lipinski definition) is 4. The van der Waals surface area contributed by atoms with Crippen molar-refractivity contribution in [3.63, 3.8) is 0 Å². The second-order valence-corrected chi connectivity index (χ2v) is 8.15. The third kappa shape index (κ3) is 7.02. The summed E-state index contributed by atoms with van der Waals surface area (Å²) in [6.07, 6.45) is 6.43. The van der Waals surface area contributed by atoms with Crippen LogP contribution in [0.2, 0.25) is 5.02 Å². The number of carbonyl (C=O) groups is 3. The molecule has 0 atom stereocenters. The molecule has 1 aromatic carbocycles. The molecule has 1 heterocycles. The quantitative estimate of drug-likeness (QED) is 0.621. The van der Waals surface area contributed by atoms with Crippen molar-refractivity contribution in [1.29, 1.82) is 0 Å². The fraction of sp³-hybridized carbons (Fsp3) is 0.391. The van der Waals surface area contributed by atoms with E-state index >= 15 is 0 Å². The molecule has 7 nitrogen and oxygen atoms in total. The molecule has 0 radical (unpaired) electrons. The summed E-state index contributed by atoms with van der Waals surface area (Å²) in [5, 5.41) is 5.43. The van der Waals surface area contributed by atoms with Gasteiger partial charge in [-0.05, 0) is 43.2 Å². The number of carbonyl (C=O) groups excluding carboxylic acids is 3. The van der Waals surface area contributed by atoms with Gasteiger partial charge in [-0.15, -0.1) is 0 Å². The van der Waals surface area contributed by atoms with Gasteiger partial charge in [0, 0.05) is 30.8 Å². The highest BCUT2D eigenvalue weighted by molar-refractivity contribution is 6.31. The second-order valence-electron chi connectivity index (χ2n) is 7.74. The van der Waals surface area contributed by atoms with Crippen LogP contribution in [-0.2, 0) is 14.4 Å². The summed E-state index contributed by atoms with van der Waals surface area (Å²) >= 11 is 5.89. The molecular formula is C23H26ClFN4O3. The van der Waals surface area contributed by atoms with Crippen molar-refractivity contribution in [2.75, 3.05) is 16.8 Å². The average molecular weight is 461 g/mol. The molecule has 0 unspecified atom stereocenters. The summed E-state index contributed by atoms with van der Waals surface area (Å²) in [5.41, 5.74) is 0.297. The fourth-order valence-corrected chi connectivity index (χ4v) is 3.81. The highest BCUT2D eigenvalue weighted by atomic mass is 35.5. The molecule has 2 N–H and O–H groups in total. The largest absolute Gasteiger partial charge is 0.352 e. The van der Waals surface area contributed by atoms with E-state index in [1.807, 2.05) is 0 Å². The number of nitrogens with one attached hydrogen (secondary N) is 2. The van der Waals surface area contributed by atoms with Crippen molar-refractivity contribution >= 4 is 40.8 Å². The molecule has 1 aliphatic rings. The first kappa shape index (κ1) is 23.7. The monoisotopic (exact) mass is 460 g/mol. The minimum Gasteiger partial charge on any atom is -0.352 e. The molecule has 1 aromatic heterocycles. The molecule has 170 valence electrons. The Morgan fingerprint density at radius 3 is 2.53 bits per heavy atom. The lowest BCUT2D eigenvalue weighted by atomic mass is 9.95. The molecule has 9 heteroatoms. The van der Waals surface area contributed by atoms with Gasteiger partial charge >= 0.3 is 0 Å². The van der Waals surface area contributed by atoms with Gasteiger partial charge in [-0.3, -0.25) is 14.4 Å². The van der Waals surface area contributed by atoms with Gasteiger partial charge in [0.05, 0.1) is 5.02 Å². The number of amides is 3. The van der Waals surface area contributed by atoms with Crippen LogP contribution >= 0.6 is 11.6 Å². The summed E-state index contributed by atoms with van der Waals surface area (Å²) in [4.78, 5) is 43.0. The Morgan fingerprint density at radius 1 is 1.06 bits per heavy atom. The zero-order valence-corrected chi connectivity index (χ0v) is 18.4. The van der Waals surface area contributed by atoms with E-state index in [-0.39, 0.29) is 42.3 Å². The molecule has 0 bridgehead atoms. The van der Waals surface area contributed by atoms with E-state index < -0.39 is 11.7 Å². The van der Waals surface area contributed by atoms with Crippen LogP contribution in [0.5, 0.6) is 0 Å². The summed E-state index contributed by atoms with van der Waals surface area (Å²) in [5.74, 6) is -1.35. The Labute approximate surface area is 191 Å². The Bertz CT molecular complexity index is 952. The molecule has 0 aliphatic heterocycles. The first-order valence-corrected chi connectivity index (χ1v) is 11.1. The first-order valence-electron chi connectivity index (χ1n) is 10.7. The Hall–Kier alpha value is -3.00. The molecular weight excluding hydrogens is 435 g/mol. The van der Waals surface area contributed by atoms with E-state index in [2.05, 4.69) is 15.6 Å². The number of rotatable bonds is 8. The van der Waals surface area contributed by atoms with E-state index in [0.29, 0.717) is 11.5 Å². The van der Waals surface area contributed by atoms with Gasteiger partial charge in [-0.2, -0.15) is 0 Å². The predicted molar refractivity (Wildman–Crippen MR) is 121 cm³/mol. The minimum atomic E-state index is -0.621. The van der Waals surface area contributed by atoms with E-state index in [1.54, 1.807) is 24.4 Å². The molecule has 1 fully saturated rings. The number of anilines is 2. The maximum Gasteiger partial charge on any atom is 0.240 e. The standard InChI is InChI=1S/C23H26ClFN4O3/c24-18-14-17(9-10-19(18)25)29(15-22(31)27-16-6-2-1-3-7-16)23(32)12-11-21(30)28-20-8-4-5-13-26-20/h4-5,8-10,13-14,16H,1-3,6-7,11-12,15H2,(H,27,31)(H,26,28,30). The van der Waals surface area contributed by atoms with Crippen molar-refractivity contribution in [3.8, 4) is 0 Å². The normalized spacial score (nSPS) is 13.9. The molecule has 0 saturated heterocycles.